The second-order valence-electron chi connectivity index (χ2n) is 10.4. The van der Waals surface area contributed by atoms with E-state index in [0.717, 1.165) is 74.3 Å². The van der Waals surface area contributed by atoms with Crippen LogP contribution in [0.2, 0.25) is 0 Å². The monoisotopic (exact) mass is 507 g/mol. The first-order valence-electron chi connectivity index (χ1n) is 12.9. The van der Waals surface area contributed by atoms with Gasteiger partial charge in [0.05, 0.1) is 38.5 Å². The molecule has 7 rings (SSSR count). The highest BCUT2D eigenvalue weighted by atomic mass is 32.1. The number of hydrogen-bond acceptors (Lipinski definition) is 4. The van der Waals surface area contributed by atoms with Crippen LogP contribution in [0.3, 0.4) is 0 Å². The number of carbonyl (C=O) groups is 1. The number of amides is 1. The molecule has 36 heavy (non-hydrogen) atoms. The number of anilines is 1. The van der Waals surface area contributed by atoms with Crippen molar-refractivity contribution in [2.24, 2.45) is 5.92 Å². The minimum Gasteiger partial charge on any atom is -0.493 e. The van der Waals surface area contributed by atoms with Gasteiger partial charge in [-0.05, 0) is 57.8 Å². The van der Waals surface area contributed by atoms with Gasteiger partial charge in [0.15, 0.2) is 6.10 Å². The van der Waals surface area contributed by atoms with Gasteiger partial charge in [-0.1, -0.05) is 18.2 Å². The third-order valence-electron chi connectivity index (χ3n) is 8.18. The van der Waals surface area contributed by atoms with E-state index >= 15 is 0 Å². The first-order valence-corrected chi connectivity index (χ1v) is 13.9. The van der Waals surface area contributed by atoms with Crippen LogP contribution in [0.25, 0.3) is 0 Å². The number of carbonyl (C=O) groups excluding carboxylic acids is 1. The van der Waals surface area contributed by atoms with Crippen molar-refractivity contribution < 1.29 is 23.1 Å². The van der Waals surface area contributed by atoms with Crippen molar-refractivity contribution in [1.29, 1.82) is 0 Å². The van der Waals surface area contributed by atoms with Crippen LogP contribution in [-0.4, -0.2) is 49.5 Å². The maximum Gasteiger partial charge on any atom is 0.415 e. The number of rotatable bonds is 7. The molecule has 2 bridgehead atoms. The molecule has 3 saturated heterocycles. The van der Waals surface area contributed by atoms with Crippen LogP contribution in [0.15, 0.2) is 59.3 Å². The third kappa shape index (κ3) is 4.87. The molecule has 4 aliphatic rings. The lowest BCUT2D eigenvalue weighted by molar-refractivity contribution is -0.945. The van der Waals surface area contributed by atoms with Crippen LogP contribution < -0.4 is 9.64 Å². The molecule has 5 heterocycles. The lowest BCUT2D eigenvalue weighted by Gasteiger charge is -2.52. The van der Waals surface area contributed by atoms with Crippen LogP contribution in [-0.2, 0) is 24.1 Å². The van der Waals surface area contributed by atoms with Crippen molar-refractivity contribution in [3.63, 3.8) is 0 Å². The summed E-state index contributed by atoms with van der Waals surface area (Å²) in [6.07, 6.45) is 3.69. The Morgan fingerprint density at radius 1 is 1.14 bits per heavy atom. The summed E-state index contributed by atoms with van der Waals surface area (Å²) >= 11 is 1.58. The number of benzene rings is 2. The lowest BCUT2D eigenvalue weighted by Crippen LogP contribution is -2.65. The van der Waals surface area contributed by atoms with Gasteiger partial charge in [0.1, 0.15) is 18.1 Å². The predicted octanol–water partition coefficient (Wildman–Crippen LogP) is 5.82. The molecule has 3 fully saturated rings. The van der Waals surface area contributed by atoms with Gasteiger partial charge in [-0.3, -0.25) is 4.90 Å². The van der Waals surface area contributed by atoms with Gasteiger partial charge in [0.2, 0.25) is 0 Å². The van der Waals surface area contributed by atoms with E-state index < -0.39 is 0 Å². The lowest BCUT2D eigenvalue weighted by atomic mass is 9.83. The molecule has 0 spiro atoms. The average Bonchev–Trinajstić information content (AvgIpc) is 3.58. The molecule has 0 N–H and O–H groups in total. The minimum absolute atomic E-state index is 0.105. The summed E-state index contributed by atoms with van der Waals surface area (Å²) in [6.45, 7) is 5.37. The summed E-state index contributed by atoms with van der Waals surface area (Å²) in [7, 11) is 0. The fourth-order valence-electron chi connectivity index (χ4n) is 6.09. The van der Waals surface area contributed by atoms with E-state index in [0.29, 0.717) is 18.2 Å². The zero-order valence-electron chi connectivity index (χ0n) is 20.4. The molecule has 188 valence electrons. The van der Waals surface area contributed by atoms with E-state index in [4.69, 9.17) is 9.47 Å². The van der Waals surface area contributed by atoms with Crippen molar-refractivity contribution in [1.82, 2.24) is 0 Å². The Hall–Kier alpha value is -2.90. The highest BCUT2D eigenvalue weighted by Gasteiger charge is 2.47. The van der Waals surface area contributed by atoms with Crippen molar-refractivity contribution in [3.05, 3.63) is 81.8 Å². The molecule has 1 amide bonds. The summed E-state index contributed by atoms with van der Waals surface area (Å²) in [6, 6.07) is 14.8. The van der Waals surface area contributed by atoms with Gasteiger partial charge in [-0.2, -0.15) is 11.3 Å². The van der Waals surface area contributed by atoms with Crippen LogP contribution in [0.5, 0.6) is 5.75 Å². The van der Waals surface area contributed by atoms with E-state index in [1.165, 1.54) is 23.3 Å². The highest BCUT2D eigenvalue weighted by Crippen LogP contribution is 2.37. The fraction of sp³-hybridized carbons (Fsp3) is 0.414. The molecule has 0 saturated carbocycles. The Kier molecular flexibility index (Phi) is 6.44. The van der Waals surface area contributed by atoms with Gasteiger partial charge in [0, 0.05) is 31.6 Å². The number of ether oxygens (including phenoxy) is 2. The molecule has 7 heteroatoms. The Bertz CT molecular complexity index is 1220. The van der Waals surface area contributed by atoms with Gasteiger partial charge in [-0.15, -0.1) is 0 Å². The molecule has 0 aliphatic carbocycles. The summed E-state index contributed by atoms with van der Waals surface area (Å²) in [5.41, 5.74) is 4.22. The van der Waals surface area contributed by atoms with Gasteiger partial charge >= 0.3 is 6.09 Å². The fourth-order valence-corrected chi connectivity index (χ4v) is 6.75. The molecule has 0 unspecified atom stereocenters. The first kappa shape index (κ1) is 23.5. The molecule has 5 nitrogen and oxygen atoms in total. The smallest absolute Gasteiger partial charge is 0.415 e. The number of fused-ring (bicyclic) bond motifs is 4. The van der Waals surface area contributed by atoms with Crippen LogP contribution in [0, 0.1) is 11.7 Å². The summed E-state index contributed by atoms with van der Waals surface area (Å²) < 4.78 is 26.9. The van der Waals surface area contributed by atoms with Gasteiger partial charge < -0.3 is 14.0 Å². The number of piperidine rings is 3. The quantitative estimate of drug-likeness (QED) is 0.379. The zero-order valence-corrected chi connectivity index (χ0v) is 21.2. The number of quaternary nitrogens is 1. The second kappa shape index (κ2) is 9.87. The van der Waals surface area contributed by atoms with Crippen molar-refractivity contribution in [3.8, 4) is 5.75 Å². The number of halogens is 1. The molecule has 1 aromatic heterocycles. The van der Waals surface area contributed by atoms with E-state index in [-0.39, 0.29) is 18.0 Å². The SMILES string of the molecule is O=C(O[C@H]1C[N+]2(CCc3ccc4c(c3)CCO4)CCC1CC2)N(Cc1ccsc1)c1cccc(F)c1. The topological polar surface area (TPSA) is 38.8 Å². The Morgan fingerprint density at radius 3 is 2.83 bits per heavy atom. The predicted molar refractivity (Wildman–Crippen MR) is 139 cm³/mol. The number of thiophene rings is 1. The Labute approximate surface area is 215 Å². The molecular weight excluding hydrogens is 475 g/mol. The van der Waals surface area contributed by atoms with Crippen molar-refractivity contribution in [2.45, 2.75) is 38.3 Å². The van der Waals surface area contributed by atoms with Crippen LogP contribution in [0.4, 0.5) is 14.9 Å². The normalized spacial score (nSPS) is 24.2. The highest BCUT2D eigenvalue weighted by molar-refractivity contribution is 7.07. The summed E-state index contributed by atoms with van der Waals surface area (Å²) in [5.74, 6) is 1.07. The Balaban J connectivity index is 1.15. The number of nitrogens with zero attached hydrogens (tertiary/aromatic N) is 2. The summed E-state index contributed by atoms with van der Waals surface area (Å²) in [5, 5.41) is 4.00. The maximum absolute atomic E-state index is 14.0. The molecule has 1 atom stereocenters. The standard InChI is InChI=1S/C29H32FN2O3S/c30-25-2-1-3-26(17-25)31(18-22-10-15-36-20-22)29(33)35-28-19-32(12-7-23(28)8-13-32)11-6-21-4-5-27-24(16-21)9-14-34-27/h1-5,10,15-17,20,23,28H,6-9,11-14,18-19H2/q+1/t23?,28-,32?/m0/s1. The average molecular weight is 508 g/mol. The van der Waals surface area contributed by atoms with Gasteiger partial charge in [0.25, 0.3) is 0 Å². The molecule has 3 aromatic rings. The number of hydrogen-bond donors (Lipinski definition) is 0. The van der Waals surface area contributed by atoms with Crippen molar-refractivity contribution in [2.75, 3.05) is 37.7 Å². The van der Waals surface area contributed by atoms with Gasteiger partial charge in [-0.25, -0.2) is 9.18 Å². The largest absolute Gasteiger partial charge is 0.493 e. The molecule has 2 aromatic carbocycles. The second-order valence-corrected chi connectivity index (χ2v) is 11.2. The maximum atomic E-state index is 14.0. The van der Waals surface area contributed by atoms with E-state index in [2.05, 4.69) is 18.2 Å². The third-order valence-corrected chi connectivity index (χ3v) is 8.92. The Morgan fingerprint density at radius 2 is 2.03 bits per heavy atom. The first-order chi connectivity index (χ1) is 17.6. The van der Waals surface area contributed by atoms with E-state index in [1.807, 2.05) is 16.8 Å². The molecule has 0 radical (unpaired) electrons. The van der Waals surface area contributed by atoms with E-state index in [1.54, 1.807) is 28.4 Å². The van der Waals surface area contributed by atoms with Crippen molar-refractivity contribution >= 4 is 23.1 Å². The summed E-state index contributed by atoms with van der Waals surface area (Å²) in [4.78, 5) is 15.1. The minimum atomic E-state index is -0.387. The molecule has 4 aliphatic heterocycles. The van der Waals surface area contributed by atoms with Crippen LogP contribution >= 0.6 is 11.3 Å². The van der Waals surface area contributed by atoms with E-state index in [9.17, 15) is 9.18 Å². The zero-order chi connectivity index (χ0) is 24.5. The van der Waals surface area contributed by atoms with Crippen LogP contribution in [0.1, 0.15) is 29.5 Å². The molecular formula is C29H32FN2O3S+.